The van der Waals surface area contributed by atoms with Crippen LogP contribution < -0.4 is 10.1 Å². The van der Waals surface area contributed by atoms with Crippen molar-refractivity contribution in [1.29, 1.82) is 0 Å². The molecule has 0 amide bonds. The molecule has 0 spiro atoms. The van der Waals surface area contributed by atoms with Crippen LogP contribution in [-0.2, 0) is 6.54 Å². The molecule has 0 saturated heterocycles. The molecule has 1 rings (SSSR count). The summed E-state index contributed by atoms with van der Waals surface area (Å²) in [4.78, 5) is 0. The molecule has 0 unspecified atom stereocenters. The minimum atomic E-state index is 0.252. The van der Waals surface area contributed by atoms with Gasteiger partial charge in [0.05, 0.1) is 11.1 Å². The number of benzene rings is 1. The average molecular weight is 270 g/mol. The number of nitrogens with one attached hydrogen (secondary N) is 1. The van der Waals surface area contributed by atoms with Crippen molar-refractivity contribution >= 4 is 11.6 Å². The Kier molecular flexibility index (Phi) is 6.51. The maximum absolute atomic E-state index is 6.25. The second-order valence-electron chi connectivity index (χ2n) is 4.86. The van der Waals surface area contributed by atoms with Gasteiger partial charge in [-0.2, -0.15) is 0 Å². The van der Waals surface area contributed by atoms with E-state index >= 15 is 0 Å². The van der Waals surface area contributed by atoms with Gasteiger partial charge in [0.15, 0.2) is 0 Å². The Hall–Kier alpha value is -0.730. The van der Waals surface area contributed by atoms with Crippen LogP contribution in [0.2, 0.25) is 5.02 Å². The summed E-state index contributed by atoms with van der Waals surface area (Å²) in [6, 6.07) is 6.50. The molecule has 0 fully saturated rings. The molecule has 0 aromatic heterocycles. The second kappa shape index (κ2) is 7.65. The van der Waals surface area contributed by atoms with E-state index in [0.29, 0.717) is 11.1 Å². The molecule has 0 saturated carbocycles. The van der Waals surface area contributed by atoms with Crippen LogP contribution in [0.1, 0.15) is 46.1 Å². The average Bonchev–Trinajstić information content (AvgIpc) is 2.35. The third kappa shape index (κ3) is 4.87. The van der Waals surface area contributed by atoms with E-state index in [1.54, 1.807) is 0 Å². The van der Waals surface area contributed by atoms with E-state index in [1.165, 1.54) is 5.56 Å². The first-order chi connectivity index (χ1) is 8.56. The lowest BCUT2D eigenvalue weighted by Gasteiger charge is -2.17. The summed E-state index contributed by atoms with van der Waals surface area (Å²) in [6.07, 6.45) is 2.26. The van der Waals surface area contributed by atoms with Crippen molar-refractivity contribution in [2.24, 2.45) is 0 Å². The first kappa shape index (κ1) is 15.3. The molecular weight excluding hydrogens is 246 g/mol. The van der Waals surface area contributed by atoms with Crippen molar-refractivity contribution in [3.05, 3.63) is 28.8 Å². The van der Waals surface area contributed by atoms with Crippen LogP contribution in [0.4, 0.5) is 0 Å². The van der Waals surface area contributed by atoms with E-state index in [1.807, 2.05) is 12.1 Å². The standard InChI is InChI=1S/C15H24ClNO/c1-5-13(6-2)18-15-8-7-12(9-14(15)16)10-17-11(3)4/h7-9,11,13,17H,5-6,10H2,1-4H3. The Labute approximate surface area is 116 Å². The third-order valence-corrected chi connectivity index (χ3v) is 3.21. The summed E-state index contributed by atoms with van der Waals surface area (Å²) in [7, 11) is 0. The van der Waals surface area contributed by atoms with E-state index in [-0.39, 0.29) is 6.10 Å². The predicted molar refractivity (Wildman–Crippen MR) is 78.4 cm³/mol. The number of hydrogen-bond acceptors (Lipinski definition) is 2. The molecule has 102 valence electrons. The summed E-state index contributed by atoms with van der Waals surface area (Å²) in [5.74, 6) is 0.790. The Bertz CT molecular complexity index is 362. The van der Waals surface area contributed by atoms with Crippen LogP contribution in [0.3, 0.4) is 0 Å². The Morgan fingerprint density at radius 2 is 1.89 bits per heavy atom. The van der Waals surface area contributed by atoms with Gasteiger partial charge in [-0.25, -0.2) is 0 Å². The van der Waals surface area contributed by atoms with Crippen molar-refractivity contribution in [2.75, 3.05) is 0 Å². The number of halogens is 1. The Morgan fingerprint density at radius 1 is 1.22 bits per heavy atom. The van der Waals surface area contributed by atoms with Gasteiger partial charge in [-0.1, -0.05) is 45.4 Å². The molecule has 1 aromatic rings. The lowest BCUT2D eigenvalue weighted by atomic mass is 10.2. The molecule has 0 aliphatic rings. The Balaban J connectivity index is 2.67. The molecule has 0 atom stereocenters. The van der Waals surface area contributed by atoms with Gasteiger partial charge in [0.2, 0.25) is 0 Å². The highest BCUT2D eigenvalue weighted by Crippen LogP contribution is 2.27. The summed E-state index contributed by atoms with van der Waals surface area (Å²) in [5, 5.41) is 4.07. The van der Waals surface area contributed by atoms with Gasteiger partial charge in [-0.3, -0.25) is 0 Å². The molecule has 0 aliphatic heterocycles. The fourth-order valence-electron chi connectivity index (χ4n) is 1.71. The fraction of sp³-hybridized carbons (Fsp3) is 0.600. The molecule has 0 radical (unpaired) electrons. The zero-order chi connectivity index (χ0) is 13.5. The van der Waals surface area contributed by atoms with Crippen LogP contribution >= 0.6 is 11.6 Å². The summed E-state index contributed by atoms with van der Waals surface area (Å²) >= 11 is 6.25. The monoisotopic (exact) mass is 269 g/mol. The molecule has 2 nitrogen and oxygen atoms in total. The lowest BCUT2D eigenvalue weighted by molar-refractivity contribution is 0.193. The van der Waals surface area contributed by atoms with Crippen molar-refractivity contribution in [2.45, 2.75) is 59.2 Å². The minimum Gasteiger partial charge on any atom is -0.489 e. The molecule has 1 aromatic carbocycles. The maximum Gasteiger partial charge on any atom is 0.138 e. The van der Waals surface area contributed by atoms with Crippen LogP contribution in [0.5, 0.6) is 5.75 Å². The summed E-state index contributed by atoms with van der Waals surface area (Å²) in [5.41, 5.74) is 1.19. The molecule has 1 N–H and O–H groups in total. The molecular formula is C15H24ClNO. The van der Waals surface area contributed by atoms with Gasteiger partial charge in [0, 0.05) is 12.6 Å². The van der Waals surface area contributed by atoms with Crippen molar-refractivity contribution in [3.8, 4) is 5.75 Å². The first-order valence-corrected chi connectivity index (χ1v) is 7.13. The van der Waals surface area contributed by atoms with Crippen LogP contribution in [-0.4, -0.2) is 12.1 Å². The molecule has 0 bridgehead atoms. The number of rotatable bonds is 7. The predicted octanol–water partition coefficient (Wildman–Crippen LogP) is 4.41. The van der Waals surface area contributed by atoms with Crippen LogP contribution in [0.15, 0.2) is 18.2 Å². The first-order valence-electron chi connectivity index (χ1n) is 6.75. The zero-order valence-electron chi connectivity index (χ0n) is 11.8. The van der Waals surface area contributed by atoms with Gasteiger partial charge in [0.1, 0.15) is 5.75 Å². The van der Waals surface area contributed by atoms with E-state index < -0.39 is 0 Å². The Morgan fingerprint density at radius 3 is 2.39 bits per heavy atom. The van der Waals surface area contributed by atoms with E-state index in [4.69, 9.17) is 16.3 Å². The van der Waals surface area contributed by atoms with E-state index in [9.17, 15) is 0 Å². The quantitative estimate of drug-likeness (QED) is 0.792. The van der Waals surface area contributed by atoms with Crippen molar-refractivity contribution in [3.63, 3.8) is 0 Å². The fourth-order valence-corrected chi connectivity index (χ4v) is 1.95. The number of hydrogen-bond donors (Lipinski definition) is 1. The molecule has 0 aliphatic carbocycles. The smallest absolute Gasteiger partial charge is 0.138 e. The third-order valence-electron chi connectivity index (χ3n) is 2.92. The normalized spacial score (nSPS) is 11.3. The van der Waals surface area contributed by atoms with Gasteiger partial charge in [-0.15, -0.1) is 0 Å². The molecule has 3 heteroatoms. The molecule has 18 heavy (non-hydrogen) atoms. The van der Waals surface area contributed by atoms with E-state index in [2.05, 4.69) is 39.1 Å². The largest absolute Gasteiger partial charge is 0.489 e. The highest BCUT2D eigenvalue weighted by atomic mass is 35.5. The summed E-state index contributed by atoms with van der Waals surface area (Å²) in [6.45, 7) is 9.35. The zero-order valence-corrected chi connectivity index (χ0v) is 12.6. The number of ether oxygens (including phenoxy) is 1. The summed E-state index contributed by atoms with van der Waals surface area (Å²) < 4.78 is 5.87. The SMILES string of the molecule is CCC(CC)Oc1ccc(CNC(C)C)cc1Cl. The van der Waals surface area contributed by atoms with E-state index in [0.717, 1.165) is 25.1 Å². The van der Waals surface area contributed by atoms with Crippen LogP contribution in [0.25, 0.3) is 0 Å². The molecule has 0 heterocycles. The highest BCUT2D eigenvalue weighted by molar-refractivity contribution is 6.32. The van der Waals surface area contributed by atoms with Gasteiger partial charge in [0.25, 0.3) is 0 Å². The minimum absolute atomic E-state index is 0.252. The highest BCUT2D eigenvalue weighted by Gasteiger charge is 2.09. The van der Waals surface area contributed by atoms with Crippen LogP contribution in [0, 0.1) is 0 Å². The lowest BCUT2D eigenvalue weighted by Crippen LogP contribution is -2.21. The topological polar surface area (TPSA) is 21.3 Å². The van der Waals surface area contributed by atoms with Gasteiger partial charge >= 0.3 is 0 Å². The van der Waals surface area contributed by atoms with Gasteiger partial charge in [-0.05, 0) is 30.5 Å². The van der Waals surface area contributed by atoms with Gasteiger partial charge < -0.3 is 10.1 Å². The van der Waals surface area contributed by atoms with Crippen molar-refractivity contribution in [1.82, 2.24) is 5.32 Å². The second-order valence-corrected chi connectivity index (χ2v) is 5.26. The maximum atomic E-state index is 6.25. The van der Waals surface area contributed by atoms with Crippen molar-refractivity contribution < 1.29 is 4.74 Å².